The largest absolute Gasteiger partial charge is 0.488 e. The minimum atomic E-state index is -3.71. The van der Waals surface area contributed by atoms with Gasteiger partial charge in [0.15, 0.2) is 11.6 Å². The molecule has 1 aliphatic heterocycles. The summed E-state index contributed by atoms with van der Waals surface area (Å²) in [7, 11) is -2.22. The fraction of sp³-hybridized carbons (Fsp3) is 0.200. The summed E-state index contributed by atoms with van der Waals surface area (Å²) in [5.74, 6) is 0.693. The number of ether oxygens (including phenoxy) is 1. The Balaban J connectivity index is 1.56. The monoisotopic (exact) mass is 541 g/mol. The summed E-state index contributed by atoms with van der Waals surface area (Å²) < 4.78 is 33.3. The number of anilines is 1. The number of pyridine rings is 1. The van der Waals surface area contributed by atoms with Crippen LogP contribution in [0.4, 0.5) is 5.82 Å². The van der Waals surface area contributed by atoms with E-state index in [1.54, 1.807) is 35.8 Å². The van der Waals surface area contributed by atoms with Crippen LogP contribution in [0.3, 0.4) is 0 Å². The van der Waals surface area contributed by atoms with Crippen molar-refractivity contribution < 1.29 is 17.9 Å². The second-order valence-corrected chi connectivity index (χ2v) is 11.0. The summed E-state index contributed by atoms with van der Waals surface area (Å²) in [4.78, 5) is 19.5. The van der Waals surface area contributed by atoms with Crippen LogP contribution < -0.4 is 9.64 Å². The molecule has 3 heterocycles. The van der Waals surface area contributed by atoms with E-state index in [1.165, 1.54) is 39.7 Å². The van der Waals surface area contributed by atoms with E-state index in [4.69, 9.17) is 16.3 Å². The van der Waals surface area contributed by atoms with Gasteiger partial charge in [-0.05, 0) is 47.3 Å². The molecule has 2 aromatic heterocycles. The normalized spacial score (nSPS) is 13.7. The second-order valence-electron chi connectivity index (χ2n) is 6.75. The lowest BCUT2D eigenvalue weighted by atomic mass is 10.2. The molecule has 3 aromatic rings. The zero-order valence-electron chi connectivity index (χ0n) is 16.3. The minimum absolute atomic E-state index is 0.0406. The van der Waals surface area contributed by atoms with Crippen molar-refractivity contribution in [1.82, 2.24) is 9.29 Å². The van der Waals surface area contributed by atoms with Gasteiger partial charge < -0.3 is 4.74 Å². The molecule has 0 spiro atoms. The Morgan fingerprint density at radius 2 is 2.06 bits per heavy atom. The molecule has 0 N–H and O–H groups in total. The summed E-state index contributed by atoms with van der Waals surface area (Å²) in [5, 5.41) is 1.96. The molecule has 7 nitrogen and oxygen atoms in total. The van der Waals surface area contributed by atoms with E-state index in [0.29, 0.717) is 35.2 Å². The summed E-state index contributed by atoms with van der Waals surface area (Å²) in [6.07, 6.45) is 1.59. The van der Waals surface area contributed by atoms with E-state index in [0.717, 1.165) is 4.47 Å². The zero-order valence-corrected chi connectivity index (χ0v) is 20.3. The first-order valence-electron chi connectivity index (χ1n) is 9.16. The van der Waals surface area contributed by atoms with Gasteiger partial charge in [0.25, 0.3) is 5.91 Å². The van der Waals surface area contributed by atoms with Gasteiger partial charge >= 0.3 is 0 Å². The van der Waals surface area contributed by atoms with Gasteiger partial charge in [-0.25, -0.2) is 13.4 Å². The van der Waals surface area contributed by atoms with Gasteiger partial charge in [0.1, 0.15) is 11.5 Å². The van der Waals surface area contributed by atoms with Gasteiger partial charge in [0, 0.05) is 24.3 Å². The predicted octanol–water partition coefficient (Wildman–Crippen LogP) is 4.42. The lowest BCUT2D eigenvalue weighted by Gasteiger charge is -2.27. The number of hydrogen-bond donors (Lipinski definition) is 0. The van der Waals surface area contributed by atoms with Crippen LogP contribution in [-0.2, 0) is 16.6 Å². The highest BCUT2D eigenvalue weighted by Crippen LogP contribution is 2.35. The summed E-state index contributed by atoms with van der Waals surface area (Å²) in [6, 6.07) is 9.90. The first-order chi connectivity index (χ1) is 14.8. The SMILES string of the molecule is CN(Cc1csc(C(=O)N2CCOc3cccnc32)c1Cl)S(=O)(=O)c1ccc(Br)cc1. The molecule has 0 unspecified atom stereocenters. The molecule has 0 saturated carbocycles. The summed E-state index contributed by atoms with van der Waals surface area (Å²) in [5.41, 5.74) is 0.563. The Hall–Kier alpha value is -1.98. The topological polar surface area (TPSA) is 79.8 Å². The van der Waals surface area contributed by atoms with Crippen LogP contribution in [0.25, 0.3) is 0 Å². The van der Waals surface area contributed by atoms with Gasteiger partial charge in [-0.1, -0.05) is 27.5 Å². The first kappa shape index (κ1) is 22.2. The summed E-state index contributed by atoms with van der Waals surface area (Å²) in [6.45, 7) is 0.748. The van der Waals surface area contributed by atoms with Crippen molar-refractivity contribution >= 4 is 60.6 Å². The number of nitrogens with zero attached hydrogens (tertiary/aromatic N) is 3. The molecular formula is C20H17BrClN3O4S2. The van der Waals surface area contributed by atoms with E-state index in [2.05, 4.69) is 20.9 Å². The smallest absolute Gasteiger partial charge is 0.271 e. The van der Waals surface area contributed by atoms with Crippen LogP contribution in [0.15, 0.2) is 57.3 Å². The van der Waals surface area contributed by atoms with Crippen molar-refractivity contribution in [2.45, 2.75) is 11.4 Å². The highest BCUT2D eigenvalue weighted by atomic mass is 79.9. The molecule has 162 valence electrons. The Kier molecular flexibility index (Phi) is 6.36. The number of thiophene rings is 1. The molecule has 0 bridgehead atoms. The molecule has 0 radical (unpaired) electrons. The highest BCUT2D eigenvalue weighted by Gasteiger charge is 2.30. The molecule has 1 aromatic carbocycles. The Labute approximate surface area is 197 Å². The first-order valence-corrected chi connectivity index (χ1v) is 12.7. The van der Waals surface area contributed by atoms with E-state index in [1.807, 2.05) is 0 Å². The minimum Gasteiger partial charge on any atom is -0.488 e. The van der Waals surface area contributed by atoms with Crippen molar-refractivity contribution in [2.24, 2.45) is 0 Å². The molecule has 0 atom stereocenters. The van der Waals surface area contributed by atoms with Crippen LogP contribution in [-0.4, -0.2) is 43.8 Å². The van der Waals surface area contributed by atoms with Gasteiger partial charge in [-0.2, -0.15) is 4.31 Å². The summed E-state index contributed by atoms with van der Waals surface area (Å²) >= 11 is 11.0. The number of aromatic nitrogens is 1. The van der Waals surface area contributed by atoms with Crippen LogP contribution in [0, 0.1) is 0 Å². The zero-order chi connectivity index (χ0) is 22.2. The molecule has 11 heteroatoms. The maximum Gasteiger partial charge on any atom is 0.271 e. The number of carbonyl (C=O) groups excluding carboxylic acids is 1. The van der Waals surface area contributed by atoms with Crippen molar-refractivity contribution in [1.29, 1.82) is 0 Å². The molecule has 1 aliphatic rings. The van der Waals surface area contributed by atoms with Crippen molar-refractivity contribution in [3.8, 4) is 5.75 Å². The van der Waals surface area contributed by atoms with Gasteiger partial charge in [0.2, 0.25) is 10.0 Å². The number of hydrogen-bond acceptors (Lipinski definition) is 6. The average molecular weight is 543 g/mol. The van der Waals surface area contributed by atoms with Crippen LogP contribution in [0.2, 0.25) is 5.02 Å². The molecule has 0 saturated heterocycles. The molecule has 4 rings (SSSR count). The Bertz CT molecular complexity index is 1230. The fourth-order valence-electron chi connectivity index (χ4n) is 3.11. The van der Waals surface area contributed by atoms with E-state index in [-0.39, 0.29) is 22.4 Å². The van der Waals surface area contributed by atoms with E-state index < -0.39 is 10.0 Å². The third kappa shape index (κ3) is 4.35. The maximum absolute atomic E-state index is 13.2. The van der Waals surface area contributed by atoms with Crippen molar-refractivity contribution in [2.75, 3.05) is 25.1 Å². The number of halogens is 2. The van der Waals surface area contributed by atoms with Gasteiger partial charge in [0.05, 0.1) is 16.5 Å². The number of sulfonamides is 1. The molecule has 0 aliphatic carbocycles. The Morgan fingerprint density at radius 3 is 2.81 bits per heavy atom. The Morgan fingerprint density at radius 1 is 1.32 bits per heavy atom. The third-order valence-electron chi connectivity index (χ3n) is 4.73. The van der Waals surface area contributed by atoms with Crippen LogP contribution in [0.1, 0.15) is 15.2 Å². The standard InChI is InChI=1S/C20H17BrClN3O4S2/c1-24(31(27,28)15-6-4-14(21)5-7-15)11-13-12-30-18(17(13)22)20(26)25-9-10-29-16-3-2-8-23-19(16)25/h2-8,12H,9-11H2,1H3. The van der Waals surface area contributed by atoms with E-state index >= 15 is 0 Å². The predicted molar refractivity (Wildman–Crippen MR) is 124 cm³/mol. The van der Waals surface area contributed by atoms with Gasteiger partial charge in [-0.3, -0.25) is 9.69 Å². The number of carbonyl (C=O) groups is 1. The maximum atomic E-state index is 13.2. The van der Waals surface area contributed by atoms with Crippen molar-refractivity contribution in [3.05, 3.63) is 67.9 Å². The number of benzene rings is 1. The van der Waals surface area contributed by atoms with Gasteiger partial charge in [-0.15, -0.1) is 11.3 Å². The number of fused-ring (bicyclic) bond motifs is 1. The second kappa shape index (κ2) is 8.87. The van der Waals surface area contributed by atoms with E-state index in [9.17, 15) is 13.2 Å². The van der Waals surface area contributed by atoms with Crippen LogP contribution in [0.5, 0.6) is 5.75 Å². The lowest BCUT2D eigenvalue weighted by molar-refractivity contribution is 0.0979. The molecule has 0 fully saturated rings. The average Bonchev–Trinajstić information content (AvgIpc) is 3.13. The van der Waals surface area contributed by atoms with Crippen molar-refractivity contribution in [3.63, 3.8) is 0 Å². The van der Waals surface area contributed by atoms with Crippen LogP contribution >= 0.6 is 38.9 Å². The third-order valence-corrected chi connectivity index (χ3v) is 8.64. The molecular weight excluding hydrogens is 526 g/mol. The molecule has 31 heavy (non-hydrogen) atoms. The molecule has 1 amide bonds. The fourth-order valence-corrected chi connectivity index (χ4v) is 5.82. The number of rotatable bonds is 5. The quantitative estimate of drug-likeness (QED) is 0.477. The number of amides is 1. The highest BCUT2D eigenvalue weighted by molar-refractivity contribution is 9.10. The lowest BCUT2D eigenvalue weighted by Crippen LogP contribution is -2.38.